The zero-order valence-electron chi connectivity index (χ0n) is 10.8. The van der Waals surface area contributed by atoms with E-state index in [0.29, 0.717) is 24.2 Å². The molecule has 0 spiro atoms. The zero-order valence-corrected chi connectivity index (χ0v) is 10.8. The molecule has 0 aliphatic heterocycles. The molecule has 0 radical (unpaired) electrons. The van der Waals surface area contributed by atoms with E-state index in [0.717, 1.165) is 19.3 Å². The molecule has 0 bridgehead atoms. The summed E-state index contributed by atoms with van der Waals surface area (Å²) in [4.78, 5) is 23.3. The van der Waals surface area contributed by atoms with Gasteiger partial charge < -0.3 is 16.8 Å². The van der Waals surface area contributed by atoms with Crippen molar-refractivity contribution in [3.63, 3.8) is 0 Å². The summed E-state index contributed by atoms with van der Waals surface area (Å²) < 4.78 is 0. The van der Waals surface area contributed by atoms with E-state index >= 15 is 0 Å². The molecule has 1 aromatic carbocycles. The molecule has 19 heavy (non-hydrogen) atoms. The van der Waals surface area contributed by atoms with Gasteiger partial charge in [0.2, 0.25) is 5.91 Å². The fourth-order valence-corrected chi connectivity index (χ4v) is 2.47. The third-order valence-corrected chi connectivity index (χ3v) is 3.85. The van der Waals surface area contributed by atoms with E-state index in [1.807, 2.05) is 0 Å². The van der Waals surface area contributed by atoms with Crippen molar-refractivity contribution >= 4 is 17.5 Å². The standard InChI is InChI=1S/C14H19N3O2/c15-9-14(6-3-7-14)8-12(18)17-11-5-2-1-4-10(11)13(16)19/h1-2,4-5H,3,6-9,15H2,(H2,16,19)(H,17,18). The molecule has 0 atom stereocenters. The largest absolute Gasteiger partial charge is 0.366 e. The van der Waals surface area contributed by atoms with E-state index in [1.165, 1.54) is 0 Å². The van der Waals surface area contributed by atoms with E-state index < -0.39 is 5.91 Å². The fourth-order valence-electron chi connectivity index (χ4n) is 2.47. The van der Waals surface area contributed by atoms with E-state index in [2.05, 4.69) is 5.32 Å². The lowest BCUT2D eigenvalue weighted by molar-refractivity contribution is -0.119. The number of para-hydroxylation sites is 1. The van der Waals surface area contributed by atoms with Gasteiger partial charge in [-0.05, 0) is 36.9 Å². The highest BCUT2D eigenvalue weighted by Crippen LogP contribution is 2.43. The molecule has 2 rings (SSSR count). The molecule has 1 fully saturated rings. The van der Waals surface area contributed by atoms with Crippen molar-refractivity contribution in [2.45, 2.75) is 25.7 Å². The quantitative estimate of drug-likeness (QED) is 0.743. The van der Waals surface area contributed by atoms with Crippen molar-refractivity contribution in [1.29, 1.82) is 0 Å². The first-order valence-corrected chi connectivity index (χ1v) is 6.45. The Kier molecular flexibility index (Phi) is 3.85. The molecular weight excluding hydrogens is 242 g/mol. The molecule has 5 heteroatoms. The summed E-state index contributed by atoms with van der Waals surface area (Å²) in [7, 11) is 0. The number of hydrogen-bond donors (Lipinski definition) is 3. The first kappa shape index (κ1) is 13.5. The van der Waals surface area contributed by atoms with Crippen LogP contribution in [0.4, 0.5) is 5.69 Å². The highest BCUT2D eigenvalue weighted by atomic mass is 16.2. The molecule has 1 aromatic rings. The SMILES string of the molecule is NCC1(CC(=O)Nc2ccccc2C(N)=O)CCC1. The van der Waals surface area contributed by atoms with Crippen LogP contribution >= 0.6 is 0 Å². The third-order valence-electron chi connectivity index (χ3n) is 3.85. The maximum Gasteiger partial charge on any atom is 0.250 e. The van der Waals surface area contributed by atoms with Crippen LogP contribution in [0.1, 0.15) is 36.0 Å². The second-order valence-corrected chi connectivity index (χ2v) is 5.19. The van der Waals surface area contributed by atoms with Crippen LogP contribution in [0.15, 0.2) is 24.3 Å². The number of carbonyl (C=O) groups is 2. The fraction of sp³-hybridized carbons (Fsp3) is 0.429. The number of anilines is 1. The van der Waals surface area contributed by atoms with Gasteiger partial charge in [0, 0.05) is 6.42 Å². The first-order valence-electron chi connectivity index (χ1n) is 6.45. The minimum atomic E-state index is -0.548. The Hall–Kier alpha value is -1.88. The minimum absolute atomic E-state index is 0.0499. The number of nitrogens with two attached hydrogens (primary N) is 2. The molecule has 5 nitrogen and oxygen atoms in total. The van der Waals surface area contributed by atoms with Gasteiger partial charge in [-0.15, -0.1) is 0 Å². The van der Waals surface area contributed by atoms with Gasteiger partial charge in [0.15, 0.2) is 0 Å². The van der Waals surface area contributed by atoms with Crippen LogP contribution in [-0.2, 0) is 4.79 Å². The van der Waals surface area contributed by atoms with Gasteiger partial charge in [0.1, 0.15) is 0 Å². The lowest BCUT2D eigenvalue weighted by Crippen LogP contribution is -2.40. The van der Waals surface area contributed by atoms with Gasteiger partial charge in [-0.3, -0.25) is 9.59 Å². The van der Waals surface area contributed by atoms with Crippen molar-refractivity contribution < 1.29 is 9.59 Å². The summed E-state index contributed by atoms with van der Waals surface area (Å²) in [5, 5.41) is 2.75. The van der Waals surface area contributed by atoms with E-state index in [9.17, 15) is 9.59 Å². The normalized spacial score (nSPS) is 16.5. The van der Waals surface area contributed by atoms with Gasteiger partial charge in [-0.25, -0.2) is 0 Å². The predicted octanol–water partition coefficient (Wildman–Crippen LogP) is 1.24. The van der Waals surface area contributed by atoms with E-state index in [-0.39, 0.29) is 11.3 Å². The van der Waals surface area contributed by atoms with Gasteiger partial charge in [0.05, 0.1) is 11.3 Å². The summed E-state index contributed by atoms with van der Waals surface area (Å²) in [6, 6.07) is 6.74. The van der Waals surface area contributed by atoms with E-state index in [4.69, 9.17) is 11.5 Å². The molecule has 0 unspecified atom stereocenters. The highest BCUT2D eigenvalue weighted by molar-refractivity contribution is 6.03. The second kappa shape index (κ2) is 5.40. The Morgan fingerprint density at radius 2 is 1.95 bits per heavy atom. The molecule has 0 aromatic heterocycles. The number of primary amides is 1. The summed E-state index contributed by atoms with van der Waals surface area (Å²) in [6.45, 7) is 0.526. The molecule has 1 aliphatic rings. The van der Waals surface area contributed by atoms with Crippen molar-refractivity contribution in [3.05, 3.63) is 29.8 Å². The monoisotopic (exact) mass is 261 g/mol. The van der Waals surface area contributed by atoms with Crippen LogP contribution < -0.4 is 16.8 Å². The molecule has 5 N–H and O–H groups in total. The number of amides is 2. The Balaban J connectivity index is 2.05. The number of carbonyl (C=O) groups excluding carboxylic acids is 2. The molecule has 0 heterocycles. The molecule has 1 aliphatic carbocycles. The van der Waals surface area contributed by atoms with Crippen LogP contribution in [0.3, 0.4) is 0 Å². The minimum Gasteiger partial charge on any atom is -0.366 e. The lowest BCUT2D eigenvalue weighted by Gasteiger charge is -2.40. The number of rotatable bonds is 5. The Morgan fingerprint density at radius 3 is 2.47 bits per heavy atom. The number of benzene rings is 1. The Morgan fingerprint density at radius 1 is 1.26 bits per heavy atom. The molecular formula is C14H19N3O2. The van der Waals surface area contributed by atoms with Crippen LogP contribution in [0.25, 0.3) is 0 Å². The third kappa shape index (κ3) is 2.93. The average Bonchev–Trinajstić information content (AvgIpc) is 2.34. The summed E-state index contributed by atoms with van der Waals surface area (Å²) in [6.07, 6.45) is 3.52. The molecule has 0 saturated heterocycles. The van der Waals surface area contributed by atoms with Crippen LogP contribution in [0, 0.1) is 5.41 Å². The maximum absolute atomic E-state index is 12.0. The smallest absolute Gasteiger partial charge is 0.250 e. The van der Waals surface area contributed by atoms with Gasteiger partial charge >= 0.3 is 0 Å². The van der Waals surface area contributed by atoms with Gasteiger partial charge in [0.25, 0.3) is 5.91 Å². The maximum atomic E-state index is 12.0. The van der Waals surface area contributed by atoms with Crippen molar-refractivity contribution in [2.24, 2.45) is 16.9 Å². The average molecular weight is 261 g/mol. The zero-order chi connectivity index (χ0) is 13.9. The number of nitrogens with one attached hydrogen (secondary N) is 1. The Bertz CT molecular complexity index is 490. The molecule has 102 valence electrons. The van der Waals surface area contributed by atoms with Crippen LogP contribution in [-0.4, -0.2) is 18.4 Å². The van der Waals surface area contributed by atoms with Gasteiger partial charge in [-0.1, -0.05) is 18.6 Å². The van der Waals surface area contributed by atoms with Crippen molar-refractivity contribution in [2.75, 3.05) is 11.9 Å². The van der Waals surface area contributed by atoms with Crippen LogP contribution in [0.2, 0.25) is 0 Å². The molecule has 1 saturated carbocycles. The Labute approximate surface area is 112 Å². The topological polar surface area (TPSA) is 98.2 Å². The van der Waals surface area contributed by atoms with Crippen molar-refractivity contribution in [1.82, 2.24) is 0 Å². The van der Waals surface area contributed by atoms with Gasteiger partial charge in [-0.2, -0.15) is 0 Å². The van der Waals surface area contributed by atoms with Crippen molar-refractivity contribution in [3.8, 4) is 0 Å². The lowest BCUT2D eigenvalue weighted by atomic mass is 9.66. The molecule has 2 amide bonds. The number of hydrogen-bond acceptors (Lipinski definition) is 3. The van der Waals surface area contributed by atoms with E-state index in [1.54, 1.807) is 24.3 Å². The summed E-state index contributed by atoms with van der Waals surface area (Å²) in [5.74, 6) is -0.660. The summed E-state index contributed by atoms with van der Waals surface area (Å²) in [5.41, 5.74) is 11.7. The predicted molar refractivity (Wildman–Crippen MR) is 73.5 cm³/mol. The first-order chi connectivity index (χ1) is 9.06. The summed E-state index contributed by atoms with van der Waals surface area (Å²) >= 11 is 0. The van der Waals surface area contributed by atoms with Crippen LogP contribution in [0.5, 0.6) is 0 Å². The highest BCUT2D eigenvalue weighted by Gasteiger charge is 2.37. The second-order valence-electron chi connectivity index (χ2n) is 5.19.